The molecular weight excluding hydrogens is 220 g/mol. The van der Waals surface area contributed by atoms with Crippen molar-refractivity contribution < 1.29 is 4.74 Å². The Morgan fingerprint density at radius 3 is 2.89 bits per heavy atom. The van der Waals surface area contributed by atoms with E-state index in [2.05, 4.69) is 36.4 Å². The van der Waals surface area contributed by atoms with Gasteiger partial charge in [0.2, 0.25) is 0 Å². The van der Waals surface area contributed by atoms with Gasteiger partial charge >= 0.3 is 0 Å². The average molecular weight is 231 g/mol. The number of para-hydroxylation sites is 1. The molecule has 0 aromatic heterocycles. The van der Waals surface area contributed by atoms with Crippen LogP contribution in [-0.2, 0) is 6.42 Å². The van der Waals surface area contributed by atoms with E-state index in [-0.39, 0.29) is 0 Å². The van der Waals surface area contributed by atoms with Crippen molar-refractivity contribution in [1.82, 2.24) is 0 Å². The summed E-state index contributed by atoms with van der Waals surface area (Å²) in [4.78, 5) is 0. The van der Waals surface area contributed by atoms with Crippen LogP contribution in [0.5, 0.6) is 11.5 Å². The molecule has 1 heteroatoms. The molecule has 1 aliphatic rings. The lowest BCUT2D eigenvalue weighted by molar-refractivity contribution is 0.461. The van der Waals surface area contributed by atoms with Crippen LogP contribution in [0.25, 0.3) is 10.8 Å². The van der Waals surface area contributed by atoms with Gasteiger partial charge in [-0.1, -0.05) is 36.4 Å². The molecule has 0 N–H and O–H groups in total. The van der Waals surface area contributed by atoms with E-state index in [9.17, 15) is 0 Å². The summed E-state index contributed by atoms with van der Waals surface area (Å²) in [7, 11) is 0. The van der Waals surface area contributed by atoms with Gasteiger partial charge in [0.15, 0.2) is 0 Å². The van der Waals surface area contributed by atoms with Gasteiger partial charge in [-0.15, -0.1) is 0 Å². The second-order valence-corrected chi connectivity index (χ2v) is 4.58. The maximum atomic E-state index is 5.97. The van der Waals surface area contributed by atoms with Crippen LogP contribution in [-0.4, -0.2) is 0 Å². The highest BCUT2D eigenvalue weighted by Gasteiger charge is 2.18. The molecule has 0 aliphatic carbocycles. The molecule has 18 heavy (non-hydrogen) atoms. The lowest BCUT2D eigenvalue weighted by atomic mass is 9.95. The van der Waals surface area contributed by atoms with Crippen LogP contribution in [0.3, 0.4) is 0 Å². The Balaban J connectivity index is 1.98. The summed E-state index contributed by atoms with van der Waals surface area (Å²) < 4.78 is 5.97. The van der Waals surface area contributed by atoms with E-state index in [1.54, 1.807) is 0 Å². The van der Waals surface area contributed by atoms with Crippen molar-refractivity contribution in [3.63, 3.8) is 0 Å². The normalized spacial score (nSPS) is 12.7. The van der Waals surface area contributed by atoms with Crippen LogP contribution >= 0.6 is 0 Å². The van der Waals surface area contributed by atoms with Crippen molar-refractivity contribution in [3.8, 4) is 11.5 Å². The Bertz CT molecular complexity index is 743. The lowest BCUT2D eigenvalue weighted by Crippen LogP contribution is -2.03. The van der Waals surface area contributed by atoms with Crippen LogP contribution in [0.2, 0.25) is 0 Å². The van der Waals surface area contributed by atoms with Gasteiger partial charge in [0, 0.05) is 12.0 Å². The average Bonchev–Trinajstić information content (AvgIpc) is 2.45. The van der Waals surface area contributed by atoms with Crippen molar-refractivity contribution in [2.45, 2.75) is 6.42 Å². The van der Waals surface area contributed by atoms with E-state index in [4.69, 9.17) is 4.74 Å². The zero-order valence-electron chi connectivity index (χ0n) is 9.81. The molecule has 3 aromatic rings. The first-order chi connectivity index (χ1) is 8.92. The van der Waals surface area contributed by atoms with Crippen LogP contribution in [0.4, 0.5) is 0 Å². The first kappa shape index (κ1) is 9.72. The third kappa shape index (κ3) is 1.34. The molecule has 3 aromatic carbocycles. The summed E-state index contributed by atoms with van der Waals surface area (Å²) in [5.74, 6) is 1.95. The van der Waals surface area contributed by atoms with Crippen LogP contribution in [0.15, 0.2) is 54.6 Å². The molecule has 0 atom stereocenters. The number of hydrogen-bond donors (Lipinski definition) is 0. The molecule has 0 fully saturated rings. The van der Waals surface area contributed by atoms with Gasteiger partial charge in [-0.3, -0.25) is 0 Å². The smallest absolute Gasteiger partial charge is 0.131 e. The molecule has 1 radical (unpaired) electrons. The van der Waals surface area contributed by atoms with Crippen molar-refractivity contribution >= 4 is 10.8 Å². The molecule has 1 aliphatic heterocycles. The summed E-state index contributed by atoms with van der Waals surface area (Å²) in [6.45, 7) is 0. The molecule has 4 rings (SSSR count). The first-order valence-electron chi connectivity index (χ1n) is 6.09. The molecule has 0 unspecified atom stereocenters. The number of hydrogen-bond acceptors (Lipinski definition) is 1. The van der Waals surface area contributed by atoms with Crippen molar-refractivity contribution in [1.29, 1.82) is 0 Å². The first-order valence-corrected chi connectivity index (χ1v) is 6.09. The largest absolute Gasteiger partial charge is 0.457 e. The summed E-state index contributed by atoms with van der Waals surface area (Å²) >= 11 is 0. The molecule has 0 amide bonds. The summed E-state index contributed by atoms with van der Waals surface area (Å²) in [5, 5.41) is 2.49. The minimum Gasteiger partial charge on any atom is -0.457 e. The fraction of sp³-hybridized carbons (Fsp3) is 0.0588. The van der Waals surface area contributed by atoms with Gasteiger partial charge in [0.05, 0.1) is 0 Å². The third-order valence-electron chi connectivity index (χ3n) is 3.49. The quantitative estimate of drug-likeness (QED) is 0.437. The topological polar surface area (TPSA) is 9.23 Å². The predicted octanol–water partition coefficient (Wildman–Crippen LogP) is 4.34. The standard InChI is InChI=1S/C17H11O/c1-3-7-14-12(5-1)9-10-17-15(14)11-13-6-2-4-8-16(13)18-17/h1-2,4-10H,11H2. The van der Waals surface area contributed by atoms with Crippen LogP contribution in [0, 0.1) is 6.07 Å². The van der Waals surface area contributed by atoms with Crippen molar-refractivity contribution in [2.24, 2.45) is 0 Å². The monoisotopic (exact) mass is 231 g/mol. The molecule has 0 saturated carbocycles. The minimum absolute atomic E-state index is 0.931. The van der Waals surface area contributed by atoms with Gasteiger partial charge in [-0.05, 0) is 40.6 Å². The van der Waals surface area contributed by atoms with Gasteiger partial charge in [-0.2, -0.15) is 0 Å². The van der Waals surface area contributed by atoms with E-state index in [1.807, 2.05) is 24.3 Å². The predicted molar refractivity (Wildman–Crippen MR) is 72.1 cm³/mol. The molecule has 1 nitrogen and oxygen atoms in total. The number of fused-ring (bicyclic) bond motifs is 4. The minimum atomic E-state index is 0.931. The highest BCUT2D eigenvalue weighted by atomic mass is 16.5. The van der Waals surface area contributed by atoms with E-state index in [0.29, 0.717) is 0 Å². The summed E-state index contributed by atoms with van der Waals surface area (Å²) in [6, 6.07) is 21.6. The summed E-state index contributed by atoms with van der Waals surface area (Å²) in [5.41, 5.74) is 2.52. The molecular formula is C17H11O. The van der Waals surface area contributed by atoms with E-state index < -0.39 is 0 Å². The molecule has 0 spiro atoms. The Morgan fingerprint density at radius 1 is 0.944 bits per heavy atom. The lowest BCUT2D eigenvalue weighted by Gasteiger charge is -2.21. The van der Waals surface area contributed by atoms with Crippen LogP contribution in [0.1, 0.15) is 11.1 Å². The number of ether oxygens (including phenoxy) is 1. The maximum Gasteiger partial charge on any atom is 0.131 e. The Labute approximate surface area is 106 Å². The van der Waals surface area contributed by atoms with Crippen molar-refractivity contribution in [3.05, 3.63) is 71.8 Å². The van der Waals surface area contributed by atoms with Gasteiger partial charge in [0.25, 0.3) is 0 Å². The Morgan fingerprint density at radius 2 is 1.89 bits per heavy atom. The number of benzene rings is 3. The van der Waals surface area contributed by atoms with Crippen LogP contribution < -0.4 is 4.74 Å². The Kier molecular flexibility index (Phi) is 1.95. The van der Waals surface area contributed by atoms with Crippen molar-refractivity contribution in [2.75, 3.05) is 0 Å². The zero-order chi connectivity index (χ0) is 11.9. The highest BCUT2D eigenvalue weighted by Crippen LogP contribution is 2.39. The fourth-order valence-electron chi connectivity index (χ4n) is 2.58. The zero-order valence-corrected chi connectivity index (χ0v) is 9.81. The maximum absolute atomic E-state index is 5.97. The fourth-order valence-corrected chi connectivity index (χ4v) is 2.58. The molecule has 1 heterocycles. The van der Waals surface area contributed by atoms with Gasteiger partial charge < -0.3 is 4.74 Å². The second kappa shape index (κ2) is 3.61. The van der Waals surface area contributed by atoms with Gasteiger partial charge in [0.1, 0.15) is 11.5 Å². The SMILES string of the molecule is [c]1ccc2ccc3c(c2c1)Cc1ccccc1O3. The van der Waals surface area contributed by atoms with E-state index in [1.165, 1.54) is 21.9 Å². The summed E-state index contributed by atoms with van der Waals surface area (Å²) in [6.07, 6.45) is 0.931. The second-order valence-electron chi connectivity index (χ2n) is 4.58. The highest BCUT2D eigenvalue weighted by molar-refractivity contribution is 5.88. The van der Waals surface area contributed by atoms with Gasteiger partial charge in [-0.25, -0.2) is 0 Å². The molecule has 0 saturated heterocycles. The van der Waals surface area contributed by atoms with E-state index in [0.717, 1.165) is 17.9 Å². The van der Waals surface area contributed by atoms with E-state index >= 15 is 0 Å². The molecule has 85 valence electrons. The Hall–Kier alpha value is -2.28. The third-order valence-corrected chi connectivity index (χ3v) is 3.49. The molecule has 0 bridgehead atoms. The number of rotatable bonds is 0.